The van der Waals surface area contributed by atoms with Gasteiger partial charge in [-0.15, -0.1) is 10.2 Å². The number of amides is 2. The molecule has 4 atom stereocenters. The molecule has 0 saturated carbocycles. The predicted octanol–water partition coefficient (Wildman–Crippen LogP) is 1.83. The van der Waals surface area contributed by atoms with Gasteiger partial charge in [0.1, 0.15) is 6.04 Å². The monoisotopic (exact) mass is 391 g/mol. The number of hydrogen-bond donors (Lipinski definition) is 1. The molecule has 2 N–H and O–H groups in total. The second kappa shape index (κ2) is 7.13. The van der Waals surface area contributed by atoms with E-state index in [9.17, 15) is 9.59 Å². The highest BCUT2D eigenvalue weighted by Gasteiger charge is 2.51. The van der Waals surface area contributed by atoms with Crippen LogP contribution in [0.3, 0.4) is 0 Å². The largest absolute Gasteiger partial charge is 0.368 e. The van der Waals surface area contributed by atoms with Crippen LogP contribution in [0.1, 0.15) is 25.7 Å². The van der Waals surface area contributed by atoms with E-state index in [4.69, 9.17) is 5.73 Å². The third-order valence-corrected chi connectivity index (χ3v) is 6.68. The minimum absolute atomic E-state index is 0.0418. The van der Waals surface area contributed by atoms with Gasteiger partial charge in [0, 0.05) is 37.0 Å². The fourth-order valence-corrected chi connectivity index (χ4v) is 5.47. The summed E-state index contributed by atoms with van der Waals surface area (Å²) in [6.07, 6.45) is 3.29. The van der Waals surface area contributed by atoms with E-state index in [-0.39, 0.29) is 23.8 Å². The lowest BCUT2D eigenvalue weighted by Gasteiger charge is -2.55. The molecule has 3 saturated heterocycles. The molecule has 0 spiro atoms. The van der Waals surface area contributed by atoms with Crippen molar-refractivity contribution in [3.8, 4) is 11.3 Å². The lowest BCUT2D eigenvalue weighted by atomic mass is 9.72. The van der Waals surface area contributed by atoms with Crippen molar-refractivity contribution in [2.45, 2.75) is 37.8 Å². The molecule has 1 aromatic heterocycles. The smallest absolute Gasteiger partial charge is 0.240 e. The van der Waals surface area contributed by atoms with Crippen LogP contribution in [0.2, 0.25) is 0 Å². The second-order valence-electron chi connectivity index (χ2n) is 8.41. The maximum absolute atomic E-state index is 12.6. The van der Waals surface area contributed by atoms with E-state index in [1.165, 1.54) is 0 Å². The van der Waals surface area contributed by atoms with Crippen LogP contribution < -0.4 is 10.6 Å². The zero-order valence-electron chi connectivity index (χ0n) is 16.3. The molecule has 29 heavy (non-hydrogen) atoms. The molecule has 2 bridgehead atoms. The van der Waals surface area contributed by atoms with Crippen molar-refractivity contribution in [2.75, 3.05) is 18.0 Å². The number of piperidine rings is 3. The van der Waals surface area contributed by atoms with E-state index >= 15 is 0 Å². The zero-order chi connectivity index (χ0) is 20.0. The Labute approximate surface area is 169 Å². The average Bonchev–Trinajstić information content (AvgIpc) is 2.75. The Morgan fingerprint density at radius 3 is 2.55 bits per heavy atom. The molecule has 2 aromatic rings. The number of rotatable bonds is 3. The van der Waals surface area contributed by atoms with Gasteiger partial charge in [-0.3, -0.25) is 9.59 Å². The summed E-state index contributed by atoms with van der Waals surface area (Å²) in [6.45, 7) is 1.50. The van der Waals surface area contributed by atoms with Crippen LogP contribution in [0.15, 0.2) is 42.5 Å². The Kier molecular flexibility index (Phi) is 4.45. The number of nitrogens with two attached hydrogens (primary N) is 1. The normalized spacial score (nSPS) is 28.8. The predicted molar refractivity (Wildman–Crippen MR) is 109 cm³/mol. The van der Waals surface area contributed by atoms with Crippen LogP contribution in [0, 0.1) is 11.8 Å². The third-order valence-electron chi connectivity index (χ3n) is 6.68. The number of benzene rings is 1. The van der Waals surface area contributed by atoms with Crippen LogP contribution in [-0.4, -0.2) is 52.1 Å². The summed E-state index contributed by atoms with van der Waals surface area (Å²) in [5.74, 6) is 0.892. The molecule has 2 amide bonds. The highest BCUT2D eigenvalue weighted by molar-refractivity contribution is 5.88. The molecule has 150 valence electrons. The van der Waals surface area contributed by atoms with Crippen molar-refractivity contribution >= 4 is 17.6 Å². The van der Waals surface area contributed by atoms with E-state index in [0.717, 1.165) is 42.9 Å². The minimum atomic E-state index is -0.511. The van der Waals surface area contributed by atoms with Crippen molar-refractivity contribution < 1.29 is 9.59 Å². The van der Waals surface area contributed by atoms with Gasteiger partial charge in [-0.25, -0.2) is 0 Å². The molecule has 5 rings (SSSR count). The van der Waals surface area contributed by atoms with Crippen molar-refractivity contribution in [3.05, 3.63) is 42.5 Å². The molecular weight excluding hydrogens is 366 g/mol. The van der Waals surface area contributed by atoms with Gasteiger partial charge in [-0.1, -0.05) is 30.3 Å². The lowest BCUT2D eigenvalue weighted by molar-refractivity contribution is -0.155. The molecule has 0 aliphatic carbocycles. The van der Waals surface area contributed by atoms with E-state index in [0.29, 0.717) is 18.9 Å². The first-order valence-corrected chi connectivity index (χ1v) is 10.4. The quantitative estimate of drug-likeness (QED) is 0.862. The second-order valence-corrected chi connectivity index (χ2v) is 8.41. The van der Waals surface area contributed by atoms with Gasteiger partial charge in [0.2, 0.25) is 11.8 Å². The van der Waals surface area contributed by atoms with Gasteiger partial charge in [0.25, 0.3) is 0 Å². The van der Waals surface area contributed by atoms with Gasteiger partial charge >= 0.3 is 0 Å². The van der Waals surface area contributed by atoms with Crippen LogP contribution >= 0.6 is 0 Å². The first kappa shape index (κ1) is 18.1. The lowest BCUT2D eigenvalue weighted by Crippen LogP contribution is -2.68. The van der Waals surface area contributed by atoms with E-state index in [1.54, 1.807) is 0 Å². The molecule has 3 fully saturated rings. The van der Waals surface area contributed by atoms with Crippen molar-refractivity contribution in [1.82, 2.24) is 15.1 Å². The first-order chi connectivity index (χ1) is 14.1. The van der Waals surface area contributed by atoms with Gasteiger partial charge < -0.3 is 15.5 Å². The Morgan fingerprint density at radius 1 is 1.03 bits per heavy atom. The topological polar surface area (TPSA) is 92.4 Å². The molecule has 0 unspecified atom stereocenters. The molecule has 1 aromatic carbocycles. The van der Waals surface area contributed by atoms with Gasteiger partial charge in [0.15, 0.2) is 5.82 Å². The van der Waals surface area contributed by atoms with Crippen LogP contribution in [-0.2, 0) is 9.59 Å². The number of anilines is 1. The third kappa shape index (κ3) is 3.14. The van der Waals surface area contributed by atoms with Crippen LogP contribution in [0.5, 0.6) is 0 Å². The number of nitrogens with zero attached hydrogens (tertiary/aromatic N) is 4. The summed E-state index contributed by atoms with van der Waals surface area (Å²) < 4.78 is 0. The Bertz CT molecular complexity index is 917. The number of carbonyl (C=O) groups is 2. The van der Waals surface area contributed by atoms with Crippen LogP contribution in [0.25, 0.3) is 11.3 Å². The van der Waals surface area contributed by atoms with Crippen molar-refractivity contribution in [3.63, 3.8) is 0 Å². The fraction of sp³-hybridized carbons (Fsp3) is 0.455. The zero-order valence-corrected chi connectivity index (χ0v) is 16.3. The van der Waals surface area contributed by atoms with Crippen molar-refractivity contribution in [1.29, 1.82) is 0 Å². The first-order valence-electron chi connectivity index (χ1n) is 10.4. The van der Waals surface area contributed by atoms with Gasteiger partial charge in [0.05, 0.1) is 5.69 Å². The molecular formula is C22H25N5O2. The molecule has 4 heterocycles. The summed E-state index contributed by atoms with van der Waals surface area (Å²) in [5, 5.41) is 8.89. The summed E-state index contributed by atoms with van der Waals surface area (Å²) in [7, 11) is 0. The molecule has 7 heteroatoms. The molecule has 3 aliphatic rings. The van der Waals surface area contributed by atoms with E-state index < -0.39 is 6.04 Å². The maximum Gasteiger partial charge on any atom is 0.240 e. The van der Waals surface area contributed by atoms with Gasteiger partial charge in [-0.2, -0.15) is 0 Å². The highest BCUT2D eigenvalue weighted by Crippen LogP contribution is 2.42. The number of fused-ring (bicyclic) bond motifs is 4. The van der Waals surface area contributed by atoms with E-state index in [2.05, 4.69) is 15.1 Å². The van der Waals surface area contributed by atoms with E-state index in [1.807, 2.05) is 47.4 Å². The summed E-state index contributed by atoms with van der Waals surface area (Å²) in [4.78, 5) is 28.9. The highest BCUT2D eigenvalue weighted by atomic mass is 16.2. The minimum Gasteiger partial charge on any atom is -0.368 e. The summed E-state index contributed by atoms with van der Waals surface area (Å²) >= 11 is 0. The number of carbonyl (C=O) groups excluding carboxylic acids is 2. The average molecular weight is 391 g/mol. The Hall–Kier alpha value is -2.96. The molecule has 7 nitrogen and oxygen atoms in total. The Balaban J connectivity index is 1.41. The number of hydrogen-bond acceptors (Lipinski definition) is 5. The van der Waals surface area contributed by atoms with Crippen LogP contribution in [0.4, 0.5) is 5.82 Å². The molecule has 3 aliphatic heterocycles. The molecule has 0 radical (unpaired) electrons. The fourth-order valence-electron chi connectivity index (χ4n) is 5.47. The van der Waals surface area contributed by atoms with Crippen molar-refractivity contribution in [2.24, 2.45) is 17.6 Å². The number of aromatic nitrogens is 2. The Morgan fingerprint density at radius 2 is 1.83 bits per heavy atom. The summed E-state index contributed by atoms with van der Waals surface area (Å²) in [6, 6.07) is 13.6. The summed E-state index contributed by atoms with van der Waals surface area (Å²) in [5.41, 5.74) is 7.63. The number of primary amides is 1. The van der Waals surface area contributed by atoms with Gasteiger partial charge in [-0.05, 0) is 37.3 Å². The maximum atomic E-state index is 12.6. The standard InChI is InChI=1S/C22H25N5O2/c23-22(29)21-16-11-15(18-7-4-8-20(28)27(18)21)12-26(13-16)19-10-9-17(24-25-19)14-5-2-1-3-6-14/h1-3,5-6,9-10,15-16,18,21H,4,7-8,11-13H2,(H2,23,29)/t15-,16+,18+,21-/m1/s1. The SMILES string of the molecule is NC(=O)[C@H]1[C@H]2C[C@H](CN(c3ccc(-c4ccccc4)nn3)C2)[C@@H]2CCCC(=O)N21.